The molecule has 1 saturated heterocycles. The molecule has 0 unspecified atom stereocenters. The van der Waals surface area contributed by atoms with E-state index in [1.807, 2.05) is 30.3 Å². The topological polar surface area (TPSA) is 64.8 Å². The molecule has 1 atom stereocenters. The van der Waals surface area contributed by atoms with Crippen LogP contribution in [0.5, 0.6) is 11.5 Å². The van der Waals surface area contributed by atoms with Gasteiger partial charge < -0.3 is 18.9 Å². The van der Waals surface area contributed by atoms with E-state index in [9.17, 15) is 9.18 Å². The quantitative estimate of drug-likeness (QED) is 0.564. The summed E-state index contributed by atoms with van der Waals surface area (Å²) in [5.41, 5.74) is 1.38. The van der Waals surface area contributed by atoms with Gasteiger partial charge in [-0.25, -0.2) is 4.39 Å². The highest BCUT2D eigenvalue weighted by atomic mass is 19.1. The average molecular weight is 424 g/mol. The lowest BCUT2D eigenvalue weighted by atomic mass is 9.98. The molecular weight excluding hydrogens is 399 g/mol. The van der Waals surface area contributed by atoms with Gasteiger partial charge in [0.25, 0.3) is 5.91 Å². The number of likely N-dealkylation sites (tertiary alicyclic amines) is 1. The first-order chi connectivity index (χ1) is 15.1. The lowest BCUT2D eigenvalue weighted by Gasteiger charge is -2.32. The molecule has 0 saturated carbocycles. The minimum atomic E-state index is -0.298. The first kappa shape index (κ1) is 20.9. The maximum absolute atomic E-state index is 13.4. The molecule has 7 heteroatoms. The van der Waals surface area contributed by atoms with Gasteiger partial charge in [0.2, 0.25) is 5.76 Å². The van der Waals surface area contributed by atoms with Crippen molar-refractivity contribution in [3.63, 3.8) is 0 Å². The molecule has 1 aromatic heterocycles. The monoisotopic (exact) mass is 424 g/mol. The zero-order chi connectivity index (χ0) is 21.6. The zero-order valence-corrected chi connectivity index (χ0v) is 17.4. The van der Waals surface area contributed by atoms with E-state index in [1.165, 1.54) is 12.1 Å². The molecule has 0 aliphatic carbocycles. The highest BCUT2D eigenvalue weighted by Gasteiger charge is 2.27. The van der Waals surface area contributed by atoms with Crippen LogP contribution in [0.15, 0.2) is 59.1 Å². The number of rotatable bonds is 7. The standard InChI is InChI=1S/C24H25FN2O4/c1-29-21-7-9-22(10-8-21)30-16-18-5-3-11-27(15-18)24(28)23-14-20(26-31-23)13-17-4-2-6-19(25)12-17/h2,4,6-10,12,14,18H,3,5,11,13,15-16H2,1H3/t18-/m1/s1. The van der Waals surface area contributed by atoms with Crippen LogP contribution >= 0.6 is 0 Å². The van der Waals surface area contributed by atoms with Crippen LogP contribution in [0.1, 0.15) is 34.7 Å². The van der Waals surface area contributed by atoms with Crippen LogP contribution < -0.4 is 9.47 Å². The van der Waals surface area contributed by atoms with Crippen LogP contribution in [-0.4, -0.2) is 42.8 Å². The highest BCUT2D eigenvalue weighted by Crippen LogP contribution is 2.22. The molecule has 2 heterocycles. The van der Waals surface area contributed by atoms with Gasteiger partial charge in [0, 0.05) is 31.5 Å². The van der Waals surface area contributed by atoms with Crippen LogP contribution in [0.25, 0.3) is 0 Å². The van der Waals surface area contributed by atoms with Crippen LogP contribution in [-0.2, 0) is 6.42 Å². The molecule has 1 aliphatic rings. The Morgan fingerprint density at radius 1 is 1.19 bits per heavy atom. The van der Waals surface area contributed by atoms with Crippen molar-refractivity contribution in [3.05, 3.63) is 77.4 Å². The molecule has 0 radical (unpaired) electrons. The van der Waals surface area contributed by atoms with E-state index in [0.29, 0.717) is 31.8 Å². The summed E-state index contributed by atoms with van der Waals surface area (Å²) in [5, 5.41) is 3.99. The summed E-state index contributed by atoms with van der Waals surface area (Å²) < 4.78 is 29.7. The van der Waals surface area contributed by atoms with Gasteiger partial charge in [-0.2, -0.15) is 0 Å². The fourth-order valence-electron chi connectivity index (χ4n) is 3.78. The smallest absolute Gasteiger partial charge is 0.292 e. The lowest BCUT2D eigenvalue weighted by molar-refractivity contribution is 0.0593. The van der Waals surface area contributed by atoms with Gasteiger partial charge in [-0.1, -0.05) is 17.3 Å². The fourth-order valence-corrected chi connectivity index (χ4v) is 3.78. The average Bonchev–Trinajstić information content (AvgIpc) is 3.26. The number of ether oxygens (including phenoxy) is 2. The van der Waals surface area contributed by atoms with Crippen molar-refractivity contribution >= 4 is 5.91 Å². The van der Waals surface area contributed by atoms with Crippen molar-refractivity contribution in [2.45, 2.75) is 19.3 Å². The van der Waals surface area contributed by atoms with Gasteiger partial charge in [0.1, 0.15) is 17.3 Å². The third-order valence-corrected chi connectivity index (χ3v) is 5.40. The van der Waals surface area contributed by atoms with E-state index >= 15 is 0 Å². The summed E-state index contributed by atoms with van der Waals surface area (Å²) in [5.74, 6) is 1.55. The second-order valence-corrected chi connectivity index (χ2v) is 7.74. The first-order valence-electron chi connectivity index (χ1n) is 10.4. The number of amides is 1. The third kappa shape index (κ3) is 5.42. The van der Waals surface area contributed by atoms with Gasteiger partial charge in [-0.15, -0.1) is 0 Å². The number of methoxy groups -OCH3 is 1. The van der Waals surface area contributed by atoms with Crippen LogP contribution in [0, 0.1) is 11.7 Å². The van der Waals surface area contributed by atoms with Crippen molar-refractivity contribution in [3.8, 4) is 11.5 Å². The van der Waals surface area contributed by atoms with Gasteiger partial charge in [-0.05, 0) is 54.8 Å². The van der Waals surface area contributed by atoms with Crippen LogP contribution in [0.2, 0.25) is 0 Å². The summed E-state index contributed by atoms with van der Waals surface area (Å²) in [6.07, 6.45) is 2.32. The predicted octanol–water partition coefficient (Wildman–Crippen LogP) is 4.34. The minimum absolute atomic E-state index is 0.174. The predicted molar refractivity (Wildman–Crippen MR) is 113 cm³/mol. The Morgan fingerprint density at radius 3 is 2.77 bits per heavy atom. The number of piperidine rings is 1. The molecule has 4 rings (SSSR count). The Labute approximate surface area is 180 Å². The summed E-state index contributed by atoms with van der Waals surface area (Å²) in [6, 6.07) is 15.4. The number of carbonyl (C=O) groups excluding carboxylic acids is 1. The van der Waals surface area contributed by atoms with Gasteiger partial charge in [0.05, 0.1) is 19.4 Å². The number of aromatic nitrogens is 1. The van der Waals surface area contributed by atoms with Crippen molar-refractivity contribution in [1.82, 2.24) is 10.1 Å². The summed E-state index contributed by atoms with van der Waals surface area (Å²) in [6.45, 7) is 1.82. The van der Waals surface area contributed by atoms with E-state index in [2.05, 4.69) is 5.16 Å². The molecule has 1 fully saturated rings. The number of carbonyl (C=O) groups is 1. The normalized spacial score (nSPS) is 16.2. The van der Waals surface area contributed by atoms with Gasteiger partial charge >= 0.3 is 0 Å². The number of nitrogens with zero attached hydrogens (tertiary/aromatic N) is 2. The second kappa shape index (κ2) is 9.64. The molecule has 2 aromatic carbocycles. The molecule has 0 spiro atoms. The Balaban J connectivity index is 1.32. The maximum Gasteiger partial charge on any atom is 0.292 e. The number of halogens is 1. The van der Waals surface area contributed by atoms with Crippen molar-refractivity contribution in [1.29, 1.82) is 0 Å². The SMILES string of the molecule is COc1ccc(OC[C@@H]2CCCN(C(=O)c3cc(Cc4cccc(F)c4)no3)C2)cc1. The molecule has 3 aromatic rings. The van der Waals surface area contributed by atoms with E-state index in [-0.39, 0.29) is 23.4 Å². The van der Waals surface area contributed by atoms with Gasteiger partial charge in [-0.3, -0.25) is 4.79 Å². The van der Waals surface area contributed by atoms with Crippen LogP contribution in [0.4, 0.5) is 4.39 Å². The number of hydrogen-bond acceptors (Lipinski definition) is 5. The Hall–Kier alpha value is -3.35. The highest BCUT2D eigenvalue weighted by molar-refractivity contribution is 5.91. The fraction of sp³-hybridized carbons (Fsp3) is 0.333. The second-order valence-electron chi connectivity index (χ2n) is 7.74. The van der Waals surface area contributed by atoms with Crippen molar-refractivity contribution in [2.24, 2.45) is 5.92 Å². The van der Waals surface area contributed by atoms with E-state index in [4.69, 9.17) is 14.0 Å². The zero-order valence-electron chi connectivity index (χ0n) is 17.4. The van der Waals surface area contributed by atoms with E-state index in [1.54, 1.807) is 24.1 Å². The summed E-state index contributed by atoms with van der Waals surface area (Å²) in [4.78, 5) is 14.7. The van der Waals surface area contributed by atoms with Gasteiger partial charge in [0.15, 0.2) is 0 Å². The molecule has 162 valence electrons. The van der Waals surface area contributed by atoms with E-state index in [0.717, 1.165) is 29.9 Å². The molecule has 0 N–H and O–H groups in total. The Bertz CT molecular complexity index is 1020. The Morgan fingerprint density at radius 2 is 2.00 bits per heavy atom. The summed E-state index contributed by atoms with van der Waals surface area (Å²) >= 11 is 0. The maximum atomic E-state index is 13.4. The number of hydrogen-bond donors (Lipinski definition) is 0. The van der Waals surface area contributed by atoms with Crippen LogP contribution in [0.3, 0.4) is 0 Å². The lowest BCUT2D eigenvalue weighted by Crippen LogP contribution is -2.41. The molecular formula is C24H25FN2O4. The molecule has 0 bridgehead atoms. The minimum Gasteiger partial charge on any atom is -0.497 e. The molecule has 1 aliphatic heterocycles. The number of benzene rings is 2. The molecule has 6 nitrogen and oxygen atoms in total. The molecule has 1 amide bonds. The van der Waals surface area contributed by atoms with E-state index < -0.39 is 0 Å². The van der Waals surface area contributed by atoms with Crippen molar-refractivity contribution in [2.75, 3.05) is 26.8 Å². The Kier molecular flexibility index (Phi) is 6.50. The first-order valence-corrected chi connectivity index (χ1v) is 10.4. The third-order valence-electron chi connectivity index (χ3n) is 5.40. The summed E-state index contributed by atoms with van der Waals surface area (Å²) in [7, 11) is 1.63. The molecule has 31 heavy (non-hydrogen) atoms. The van der Waals surface area contributed by atoms with Crippen molar-refractivity contribution < 1.29 is 23.2 Å². The largest absolute Gasteiger partial charge is 0.497 e.